The number of carbonyl (C=O) groups excluding carboxylic acids is 1. The second-order valence-corrected chi connectivity index (χ2v) is 5.21. The van der Waals surface area contributed by atoms with E-state index in [0.29, 0.717) is 17.9 Å². The molecule has 16 heavy (non-hydrogen) atoms. The molecule has 0 N–H and O–H groups in total. The predicted octanol–water partition coefficient (Wildman–Crippen LogP) is 4.15. The lowest BCUT2D eigenvalue weighted by molar-refractivity contribution is -0.118. The number of carbonyl (C=O) groups is 1. The number of ketones is 1. The van der Waals surface area contributed by atoms with Crippen molar-refractivity contribution in [3.8, 4) is 0 Å². The van der Waals surface area contributed by atoms with E-state index < -0.39 is 0 Å². The molecule has 1 nitrogen and oxygen atoms in total. The highest BCUT2D eigenvalue weighted by atomic mass is 79.9. The maximum atomic E-state index is 13.0. The van der Waals surface area contributed by atoms with Crippen molar-refractivity contribution in [1.82, 2.24) is 0 Å². The van der Waals surface area contributed by atoms with Crippen LogP contribution in [0.15, 0.2) is 18.2 Å². The number of rotatable bonds is 5. The van der Waals surface area contributed by atoms with Crippen LogP contribution in [-0.2, 0) is 11.2 Å². The number of hydrogen-bond donors (Lipinski definition) is 0. The Labute approximate surface area is 108 Å². The van der Waals surface area contributed by atoms with Gasteiger partial charge in [0.1, 0.15) is 11.6 Å². The lowest BCUT2D eigenvalue weighted by Gasteiger charge is -2.08. The van der Waals surface area contributed by atoms with E-state index in [4.69, 9.17) is 11.6 Å². The molecule has 0 saturated carbocycles. The third kappa shape index (κ3) is 4.22. The quantitative estimate of drug-likeness (QED) is 0.747. The van der Waals surface area contributed by atoms with Gasteiger partial charge in [0.2, 0.25) is 0 Å². The summed E-state index contributed by atoms with van der Waals surface area (Å²) in [5.41, 5.74) is 0.733. The third-order valence-electron chi connectivity index (χ3n) is 2.18. The van der Waals surface area contributed by atoms with Crippen LogP contribution in [0, 0.1) is 5.82 Å². The highest BCUT2D eigenvalue weighted by molar-refractivity contribution is 9.10. The van der Waals surface area contributed by atoms with E-state index >= 15 is 0 Å². The zero-order valence-corrected chi connectivity index (χ0v) is 11.3. The molecule has 0 aliphatic heterocycles. The number of alkyl halides is 1. The molecule has 1 unspecified atom stereocenters. The average molecular weight is 308 g/mol. The number of Topliss-reactive ketones (excluding diaryl/α,β-unsaturated/α-hetero) is 1. The largest absolute Gasteiger partial charge is 0.298 e. The Morgan fingerprint density at radius 2 is 2.19 bits per heavy atom. The molecule has 1 aromatic rings. The van der Waals surface area contributed by atoms with E-state index in [0.717, 1.165) is 12.0 Å². The fraction of sp³-hybridized carbons (Fsp3) is 0.417. The Balaban J connectivity index is 2.69. The summed E-state index contributed by atoms with van der Waals surface area (Å²) >= 11 is 9.05. The van der Waals surface area contributed by atoms with Gasteiger partial charge in [0.05, 0.1) is 4.83 Å². The molecular formula is C12H13BrClFO. The van der Waals surface area contributed by atoms with Crippen molar-refractivity contribution in [3.05, 3.63) is 34.6 Å². The minimum atomic E-state index is -0.370. The minimum Gasteiger partial charge on any atom is -0.298 e. The van der Waals surface area contributed by atoms with Crippen LogP contribution in [-0.4, -0.2) is 10.6 Å². The van der Waals surface area contributed by atoms with Gasteiger partial charge in [-0.15, -0.1) is 0 Å². The van der Waals surface area contributed by atoms with E-state index in [1.54, 1.807) is 6.07 Å². The highest BCUT2D eigenvalue weighted by Gasteiger charge is 2.14. The first-order valence-corrected chi connectivity index (χ1v) is 6.44. The molecule has 1 atom stereocenters. The van der Waals surface area contributed by atoms with Gasteiger partial charge in [-0.25, -0.2) is 4.39 Å². The number of hydrogen-bond acceptors (Lipinski definition) is 1. The van der Waals surface area contributed by atoms with Crippen molar-refractivity contribution in [3.63, 3.8) is 0 Å². The van der Waals surface area contributed by atoms with E-state index in [9.17, 15) is 9.18 Å². The van der Waals surface area contributed by atoms with Gasteiger partial charge in [-0.05, 0) is 36.6 Å². The molecule has 0 aliphatic rings. The standard InChI is InChI=1S/C12H13BrClFO/c1-2-3-12(16)11(13)6-8-4-9(14)7-10(15)5-8/h4-5,7,11H,2-3,6H2,1H3. The van der Waals surface area contributed by atoms with Gasteiger partial charge in [-0.3, -0.25) is 4.79 Å². The van der Waals surface area contributed by atoms with Crippen molar-refractivity contribution < 1.29 is 9.18 Å². The lowest BCUT2D eigenvalue weighted by Crippen LogP contribution is -2.16. The molecular weight excluding hydrogens is 294 g/mol. The summed E-state index contributed by atoms with van der Waals surface area (Å²) in [6, 6.07) is 4.33. The van der Waals surface area contributed by atoms with Gasteiger partial charge < -0.3 is 0 Å². The molecule has 0 aromatic heterocycles. The van der Waals surface area contributed by atoms with Crippen LogP contribution in [0.2, 0.25) is 5.02 Å². The van der Waals surface area contributed by atoms with Crippen LogP contribution in [0.1, 0.15) is 25.3 Å². The number of halogens is 3. The number of benzene rings is 1. The molecule has 0 bridgehead atoms. The predicted molar refractivity (Wildman–Crippen MR) is 67.7 cm³/mol. The Hall–Kier alpha value is -0.410. The molecule has 1 aromatic carbocycles. The molecule has 4 heteroatoms. The Morgan fingerprint density at radius 1 is 1.50 bits per heavy atom. The van der Waals surface area contributed by atoms with Gasteiger partial charge in [0.25, 0.3) is 0 Å². The molecule has 0 aliphatic carbocycles. The molecule has 0 fully saturated rings. The average Bonchev–Trinajstić information content (AvgIpc) is 2.16. The first kappa shape index (κ1) is 13.7. The van der Waals surface area contributed by atoms with E-state index in [1.165, 1.54) is 12.1 Å². The van der Waals surface area contributed by atoms with Gasteiger partial charge in [0.15, 0.2) is 0 Å². The van der Waals surface area contributed by atoms with E-state index in [-0.39, 0.29) is 16.4 Å². The second-order valence-electron chi connectivity index (χ2n) is 3.67. The first-order chi connectivity index (χ1) is 7.52. The van der Waals surface area contributed by atoms with Crippen molar-refractivity contribution in [2.75, 3.05) is 0 Å². The van der Waals surface area contributed by atoms with Crippen LogP contribution < -0.4 is 0 Å². The van der Waals surface area contributed by atoms with Crippen LogP contribution in [0.3, 0.4) is 0 Å². The maximum absolute atomic E-state index is 13.0. The monoisotopic (exact) mass is 306 g/mol. The van der Waals surface area contributed by atoms with Gasteiger partial charge in [0, 0.05) is 11.4 Å². The van der Waals surface area contributed by atoms with Crippen molar-refractivity contribution >= 4 is 33.3 Å². The minimum absolute atomic E-state index is 0.142. The van der Waals surface area contributed by atoms with E-state index in [1.807, 2.05) is 6.92 Å². The maximum Gasteiger partial charge on any atom is 0.146 e. The van der Waals surface area contributed by atoms with Crippen molar-refractivity contribution in [2.45, 2.75) is 31.0 Å². The topological polar surface area (TPSA) is 17.1 Å². The molecule has 0 saturated heterocycles. The summed E-state index contributed by atoms with van der Waals surface area (Å²) in [7, 11) is 0. The first-order valence-electron chi connectivity index (χ1n) is 5.14. The summed E-state index contributed by atoms with van der Waals surface area (Å²) < 4.78 is 13.0. The van der Waals surface area contributed by atoms with Crippen molar-refractivity contribution in [1.29, 1.82) is 0 Å². The molecule has 0 amide bonds. The van der Waals surface area contributed by atoms with Crippen molar-refractivity contribution in [2.24, 2.45) is 0 Å². The molecule has 0 radical (unpaired) electrons. The van der Waals surface area contributed by atoms with Crippen LogP contribution in [0.5, 0.6) is 0 Å². The molecule has 0 spiro atoms. The summed E-state index contributed by atoms with van der Waals surface area (Å²) in [4.78, 5) is 11.3. The van der Waals surface area contributed by atoms with Gasteiger partial charge >= 0.3 is 0 Å². The summed E-state index contributed by atoms with van der Waals surface area (Å²) in [6.07, 6.45) is 1.83. The second kappa shape index (κ2) is 6.36. The van der Waals surface area contributed by atoms with E-state index in [2.05, 4.69) is 15.9 Å². The normalized spacial score (nSPS) is 12.5. The zero-order valence-electron chi connectivity index (χ0n) is 8.97. The smallest absolute Gasteiger partial charge is 0.146 e. The summed E-state index contributed by atoms with van der Waals surface area (Å²) in [6.45, 7) is 1.96. The van der Waals surface area contributed by atoms with Gasteiger partial charge in [-0.1, -0.05) is 34.5 Å². The molecule has 0 heterocycles. The van der Waals surface area contributed by atoms with Crippen LogP contribution in [0.4, 0.5) is 4.39 Å². The SMILES string of the molecule is CCCC(=O)C(Br)Cc1cc(F)cc(Cl)c1. The third-order valence-corrected chi connectivity index (χ3v) is 3.24. The zero-order chi connectivity index (χ0) is 12.1. The molecule has 1 rings (SSSR count). The molecule has 88 valence electrons. The highest BCUT2D eigenvalue weighted by Crippen LogP contribution is 2.18. The Kier molecular flexibility index (Phi) is 5.42. The summed E-state index contributed by atoms with van der Waals surface area (Å²) in [5, 5.41) is 0.359. The van der Waals surface area contributed by atoms with Crippen LogP contribution in [0.25, 0.3) is 0 Å². The fourth-order valence-corrected chi connectivity index (χ4v) is 2.30. The van der Waals surface area contributed by atoms with Gasteiger partial charge in [-0.2, -0.15) is 0 Å². The van der Waals surface area contributed by atoms with Crippen LogP contribution >= 0.6 is 27.5 Å². The Bertz CT molecular complexity index is 361. The Morgan fingerprint density at radius 3 is 2.75 bits per heavy atom. The lowest BCUT2D eigenvalue weighted by atomic mass is 10.1. The summed E-state index contributed by atoms with van der Waals surface area (Å²) in [5.74, 6) is -0.229. The fourth-order valence-electron chi connectivity index (χ4n) is 1.45.